The van der Waals surface area contributed by atoms with Crippen molar-refractivity contribution in [2.75, 3.05) is 6.61 Å². The molecule has 2 heterocycles. The molecule has 0 aliphatic carbocycles. The van der Waals surface area contributed by atoms with E-state index < -0.39 is 82.5 Å². The molecule has 0 unspecified atom stereocenters. The second-order valence-electron chi connectivity index (χ2n) is 7.03. The first-order valence-corrected chi connectivity index (χ1v) is 8.98. The average Bonchev–Trinajstić information content (AvgIpc) is 2.72. The predicted octanol–water partition coefficient (Wildman–Crippen LogP) is -1.05. The van der Waals surface area contributed by atoms with Crippen LogP contribution in [0.3, 0.4) is 0 Å². The minimum atomic E-state index is -1.82. The van der Waals surface area contributed by atoms with Crippen LogP contribution in [0.1, 0.15) is 0 Å². The van der Waals surface area contributed by atoms with Gasteiger partial charge in [-0.2, -0.15) is 0 Å². The second kappa shape index (κ2) is 7.44. The molecule has 1 aromatic heterocycles. The average molecular weight is 438 g/mol. The van der Waals surface area contributed by atoms with Crippen molar-refractivity contribution >= 4 is 21.9 Å². The molecule has 1 fully saturated rings. The molecule has 8 N–H and O–H groups in total. The Morgan fingerprint density at radius 3 is 2.23 bits per heavy atom. The molecule has 3 aromatic rings. The van der Waals surface area contributed by atoms with Gasteiger partial charge < -0.3 is 54.7 Å². The van der Waals surface area contributed by atoms with Crippen molar-refractivity contribution in [3.8, 4) is 28.7 Å². The molecular formula is C19H18O12. The number of aliphatic hydroxyl groups excluding tert-OH is 4. The van der Waals surface area contributed by atoms with Crippen molar-refractivity contribution in [3.63, 3.8) is 0 Å². The van der Waals surface area contributed by atoms with Crippen molar-refractivity contribution in [3.05, 3.63) is 28.4 Å². The highest BCUT2D eigenvalue weighted by molar-refractivity contribution is 5.98. The van der Waals surface area contributed by atoms with Crippen molar-refractivity contribution in [2.45, 2.75) is 30.7 Å². The summed E-state index contributed by atoms with van der Waals surface area (Å²) < 4.78 is 16.2. The standard InChI is InChI=1S/C19H18O12/c20-4-11-14(26)15(27)16(28)19(30-11)31-17-9(24)2-8(23)12-13(25)5-1-6(21)7(22)3-10(5)29-18(12)17/h1-3,11,14-16,19-24,26-28H,4H2/t11-,14-,15+,16-,19-/m1/s1. The van der Waals surface area contributed by atoms with Crippen LogP contribution in [0.2, 0.25) is 0 Å². The molecule has 0 radical (unpaired) electrons. The summed E-state index contributed by atoms with van der Waals surface area (Å²) >= 11 is 0. The van der Waals surface area contributed by atoms with Gasteiger partial charge in [-0.25, -0.2) is 0 Å². The lowest BCUT2D eigenvalue weighted by Crippen LogP contribution is -2.60. The fraction of sp³-hybridized carbons (Fsp3) is 0.316. The van der Waals surface area contributed by atoms with E-state index in [1.54, 1.807) is 0 Å². The molecule has 0 spiro atoms. The van der Waals surface area contributed by atoms with E-state index in [0.29, 0.717) is 0 Å². The van der Waals surface area contributed by atoms with Gasteiger partial charge in [0.1, 0.15) is 41.1 Å². The normalized spacial score (nSPS) is 26.4. The molecule has 1 saturated heterocycles. The number of aromatic hydroxyl groups is 4. The highest BCUT2D eigenvalue weighted by atomic mass is 16.7. The van der Waals surface area contributed by atoms with E-state index >= 15 is 0 Å². The number of ether oxygens (including phenoxy) is 2. The van der Waals surface area contributed by atoms with Gasteiger partial charge in [0.2, 0.25) is 17.5 Å². The molecule has 166 valence electrons. The van der Waals surface area contributed by atoms with Crippen LogP contribution in [0.4, 0.5) is 0 Å². The summed E-state index contributed by atoms with van der Waals surface area (Å²) in [6, 6.07) is 2.63. The number of hydrogen-bond donors (Lipinski definition) is 8. The van der Waals surface area contributed by atoms with Crippen LogP contribution in [-0.2, 0) is 4.74 Å². The highest BCUT2D eigenvalue weighted by Crippen LogP contribution is 2.42. The van der Waals surface area contributed by atoms with Crippen molar-refractivity contribution in [1.29, 1.82) is 0 Å². The summed E-state index contributed by atoms with van der Waals surface area (Å²) in [7, 11) is 0. The Bertz CT molecular complexity index is 1220. The van der Waals surface area contributed by atoms with Crippen LogP contribution in [0.25, 0.3) is 21.9 Å². The Morgan fingerprint density at radius 1 is 0.871 bits per heavy atom. The van der Waals surface area contributed by atoms with Gasteiger partial charge in [-0.3, -0.25) is 4.79 Å². The largest absolute Gasteiger partial charge is 0.507 e. The third kappa shape index (κ3) is 3.26. The maximum absolute atomic E-state index is 12.8. The number of rotatable bonds is 3. The maximum atomic E-state index is 12.8. The van der Waals surface area contributed by atoms with Gasteiger partial charge in [0, 0.05) is 12.1 Å². The Hall–Kier alpha value is -3.29. The molecule has 5 atom stereocenters. The predicted molar refractivity (Wildman–Crippen MR) is 101 cm³/mol. The van der Waals surface area contributed by atoms with E-state index in [1.165, 1.54) is 0 Å². The Labute approximate surface area is 172 Å². The summed E-state index contributed by atoms with van der Waals surface area (Å²) in [4.78, 5) is 12.8. The molecule has 0 amide bonds. The number of fused-ring (bicyclic) bond motifs is 2. The zero-order chi connectivity index (χ0) is 22.6. The molecule has 0 bridgehead atoms. The fourth-order valence-corrected chi connectivity index (χ4v) is 3.39. The molecule has 1 aliphatic rings. The first-order valence-electron chi connectivity index (χ1n) is 8.98. The number of aliphatic hydroxyl groups is 4. The molecule has 2 aromatic carbocycles. The first-order chi connectivity index (χ1) is 14.6. The molecular weight excluding hydrogens is 420 g/mol. The third-order valence-corrected chi connectivity index (χ3v) is 5.04. The Morgan fingerprint density at radius 2 is 1.55 bits per heavy atom. The van der Waals surface area contributed by atoms with E-state index in [1.807, 2.05) is 0 Å². The SMILES string of the molecule is O=c1c2cc(O)c(O)cc2oc2c(O[C@H]3O[C@H](CO)[C@@H](O)[C@H](O)[C@H]3O)c(O)cc(O)c12. The van der Waals surface area contributed by atoms with Crippen LogP contribution in [-0.4, -0.2) is 78.2 Å². The molecule has 12 nitrogen and oxygen atoms in total. The van der Waals surface area contributed by atoms with Gasteiger partial charge in [0.15, 0.2) is 22.8 Å². The highest BCUT2D eigenvalue weighted by Gasteiger charge is 2.45. The zero-order valence-corrected chi connectivity index (χ0v) is 15.5. The number of benzene rings is 2. The fourth-order valence-electron chi connectivity index (χ4n) is 3.39. The lowest BCUT2D eigenvalue weighted by molar-refractivity contribution is -0.277. The Kier molecular flexibility index (Phi) is 5.03. The second-order valence-corrected chi connectivity index (χ2v) is 7.03. The van der Waals surface area contributed by atoms with Crippen LogP contribution < -0.4 is 10.2 Å². The van der Waals surface area contributed by atoms with E-state index in [-0.39, 0.29) is 11.0 Å². The van der Waals surface area contributed by atoms with Crippen LogP contribution in [0.5, 0.6) is 28.7 Å². The summed E-state index contributed by atoms with van der Waals surface area (Å²) in [6.45, 7) is -0.727. The topological polar surface area (TPSA) is 211 Å². The van der Waals surface area contributed by atoms with E-state index in [9.17, 15) is 45.6 Å². The zero-order valence-electron chi connectivity index (χ0n) is 15.5. The minimum Gasteiger partial charge on any atom is -0.507 e. The number of phenolic OH excluding ortho intramolecular Hbond substituents is 4. The molecule has 12 heteroatoms. The van der Waals surface area contributed by atoms with Gasteiger partial charge in [0.05, 0.1) is 12.0 Å². The van der Waals surface area contributed by atoms with Crippen LogP contribution >= 0.6 is 0 Å². The van der Waals surface area contributed by atoms with Gasteiger partial charge in [-0.15, -0.1) is 0 Å². The lowest BCUT2D eigenvalue weighted by Gasteiger charge is -2.39. The number of hydrogen-bond acceptors (Lipinski definition) is 12. The first kappa shape index (κ1) is 21.0. The van der Waals surface area contributed by atoms with Crippen LogP contribution in [0.15, 0.2) is 27.4 Å². The van der Waals surface area contributed by atoms with Gasteiger partial charge >= 0.3 is 0 Å². The van der Waals surface area contributed by atoms with Crippen LogP contribution in [0, 0.1) is 0 Å². The van der Waals surface area contributed by atoms with E-state index in [4.69, 9.17) is 13.9 Å². The molecule has 31 heavy (non-hydrogen) atoms. The quantitative estimate of drug-likeness (QED) is 0.182. The molecule has 4 rings (SSSR count). The lowest BCUT2D eigenvalue weighted by atomic mass is 9.99. The van der Waals surface area contributed by atoms with Gasteiger partial charge in [-0.05, 0) is 6.07 Å². The molecule has 1 aliphatic heterocycles. The third-order valence-electron chi connectivity index (χ3n) is 5.04. The monoisotopic (exact) mass is 438 g/mol. The minimum absolute atomic E-state index is 0.192. The number of phenols is 4. The Balaban J connectivity index is 1.90. The summed E-state index contributed by atoms with van der Waals surface area (Å²) in [5.74, 6) is -3.18. The van der Waals surface area contributed by atoms with E-state index in [0.717, 1.165) is 18.2 Å². The summed E-state index contributed by atoms with van der Waals surface area (Å²) in [6.07, 6.45) is -8.27. The smallest absolute Gasteiger partial charge is 0.229 e. The van der Waals surface area contributed by atoms with Crippen molar-refractivity contribution in [1.82, 2.24) is 0 Å². The van der Waals surface area contributed by atoms with Crippen molar-refractivity contribution < 1.29 is 54.7 Å². The van der Waals surface area contributed by atoms with Crippen molar-refractivity contribution in [2.24, 2.45) is 0 Å². The summed E-state index contributed by atoms with van der Waals surface area (Å²) in [5.41, 5.74) is -1.55. The molecule has 0 saturated carbocycles. The van der Waals surface area contributed by atoms with Gasteiger partial charge in [-0.1, -0.05) is 0 Å². The van der Waals surface area contributed by atoms with E-state index in [2.05, 4.69) is 0 Å². The summed E-state index contributed by atoms with van der Waals surface area (Å²) in [5, 5.41) is 78.4. The van der Waals surface area contributed by atoms with Gasteiger partial charge in [0.25, 0.3) is 0 Å². The maximum Gasteiger partial charge on any atom is 0.229 e.